The average molecular weight is 371 g/mol. The Morgan fingerprint density at radius 1 is 1.08 bits per heavy atom. The van der Waals surface area contributed by atoms with Crippen LogP contribution in [0.2, 0.25) is 0 Å². The molecule has 1 aliphatic heterocycles. The van der Waals surface area contributed by atoms with Crippen molar-refractivity contribution in [1.82, 2.24) is 20.1 Å². The number of rotatable bonds is 5. The third kappa shape index (κ3) is 3.86. The molecular formula is C19H22N4S2. The van der Waals surface area contributed by atoms with Crippen molar-refractivity contribution in [2.75, 3.05) is 25.4 Å². The van der Waals surface area contributed by atoms with E-state index >= 15 is 0 Å². The molecule has 0 unspecified atom stereocenters. The third-order valence-corrected chi connectivity index (χ3v) is 6.45. The van der Waals surface area contributed by atoms with E-state index in [2.05, 4.69) is 34.2 Å². The van der Waals surface area contributed by atoms with Gasteiger partial charge < -0.3 is 4.90 Å². The van der Waals surface area contributed by atoms with Gasteiger partial charge >= 0.3 is 0 Å². The van der Waals surface area contributed by atoms with Crippen molar-refractivity contribution in [3.63, 3.8) is 0 Å². The highest BCUT2D eigenvalue weighted by atomic mass is 32.2. The molecule has 6 heteroatoms. The number of aryl methyl sites for hydroxylation is 1. The van der Waals surface area contributed by atoms with Gasteiger partial charge in [0.05, 0.1) is 9.71 Å². The summed E-state index contributed by atoms with van der Waals surface area (Å²) < 4.78 is 1.15. The first kappa shape index (κ1) is 16.9. The van der Waals surface area contributed by atoms with E-state index in [1.54, 1.807) is 23.1 Å². The van der Waals surface area contributed by atoms with E-state index in [1.807, 2.05) is 18.2 Å². The summed E-state index contributed by atoms with van der Waals surface area (Å²) in [7, 11) is 0. The predicted molar refractivity (Wildman–Crippen MR) is 106 cm³/mol. The van der Waals surface area contributed by atoms with Crippen molar-refractivity contribution in [2.45, 2.75) is 31.2 Å². The Bertz CT molecular complexity index is 841. The van der Waals surface area contributed by atoms with Crippen LogP contribution >= 0.6 is 23.1 Å². The minimum absolute atomic E-state index is 0.946. The molecule has 0 atom stereocenters. The second-order valence-electron chi connectivity index (χ2n) is 6.38. The summed E-state index contributed by atoms with van der Waals surface area (Å²) in [5.41, 5.74) is 3.06. The van der Waals surface area contributed by atoms with E-state index in [0.717, 1.165) is 43.8 Å². The Morgan fingerprint density at radius 3 is 2.68 bits per heavy atom. The first-order chi connectivity index (χ1) is 12.3. The van der Waals surface area contributed by atoms with Gasteiger partial charge in [0.1, 0.15) is 16.2 Å². The van der Waals surface area contributed by atoms with Crippen LogP contribution in [0.1, 0.15) is 24.3 Å². The number of fused-ring (bicyclic) bond motifs is 1. The van der Waals surface area contributed by atoms with Gasteiger partial charge in [-0.1, -0.05) is 36.8 Å². The molecule has 0 N–H and O–H groups in total. The third-order valence-electron chi connectivity index (χ3n) is 4.53. The molecule has 3 heterocycles. The lowest BCUT2D eigenvalue weighted by molar-refractivity contribution is 0.242. The van der Waals surface area contributed by atoms with Gasteiger partial charge in [-0.25, -0.2) is 4.98 Å². The number of likely N-dealkylation sites (tertiary alicyclic amines) is 1. The van der Waals surface area contributed by atoms with Gasteiger partial charge in [-0.2, -0.15) is 0 Å². The maximum Gasteiger partial charge on any atom is 0.146 e. The fourth-order valence-electron chi connectivity index (χ4n) is 3.26. The van der Waals surface area contributed by atoms with Crippen LogP contribution in [-0.2, 0) is 0 Å². The second kappa shape index (κ2) is 7.81. The van der Waals surface area contributed by atoms with E-state index in [0.29, 0.717) is 0 Å². The Balaban J connectivity index is 1.56. The average Bonchev–Trinajstić information content (AvgIpc) is 3.05. The molecule has 3 aromatic rings. The highest BCUT2D eigenvalue weighted by molar-refractivity contribution is 7.99. The summed E-state index contributed by atoms with van der Waals surface area (Å²) in [5.74, 6) is 1.05. The van der Waals surface area contributed by atoms with Gasteiger partial charge in [-0.05, 0) is 32.9 Å². The van der Waals surface area contributed by atoms with Crippen LogP contribution in [0.3, 0.4) is 0 Å². The molecule has 0 amide bonds. The molecule has 0 radical (unpaired) electrons. The molecule has 2 aromatic heterocycles. The molecule has 4 nitrogen and oxygen atoms in total. The van der Waals surface area contributed by atoms with Crippen LogP contribution in [0, 0.1) is 6.92 Å². The zero-order valence-electron chi connectivity index (χ0n) is 14.4. The van der Waals surface area contributed by atoms with Crippen molar-refractivity contribution in [1.29, 1.82) is 0 Å². The first-order valence-corrected chi connectivity index (χ1v) is 10.7. The lowest BCUT2D eigenvalue weighted by atomic mass is 10.1. The fraction of sp³-hybridized carbons (Fsp3) is 0.421. The maximum atomic E-state index is 4.75. The summed E-state index contributed by atoms with van der Waals surface area (Å²) >= 11 is 3.50. The van der Waals surface area contributed by atoms with Gasteiger partial charge in [0.15, 0.2) is 0 Å². The molecule has 0 spiro atoms. The minimum Gasteiger partial charge on any atom is -0.303 e. The number of benzene rings is 1. The lowest BCUT2D eigenvalue weighted by Crippen LogP contribution is -2.31. The van der Waals surface area contributed by atoms with Crippen molar-refractivity contribution in [2.24, 2.45) is 0 Å². The van der Waals surface area contributed by atoms with Gasteiger partial charge in [0.2, 0.25) is 0 Å². The number of hydrogen-bond acceptors (Lipinski definition) is 6. The van der Waals surface area contributed by atoms with E-state index in [1.165, 1.54) is 32.4 Å². The SMILES string of the molecule is Cc1nc2c(SCCN3CCCCC3)nnc(-c3ccccc3)c2s1. The monoisotopic (exact) mass is 370 g/mol. The molecule has 0 bridgehead atoms. The van der Waals surface area contributed by atoms with Crippen LogP contribution in [0.25, 0.3) is 21.5 Å². The Morgan fingerprint density at radius 2 is 1.88 bits per heavy atom. The van der Waals surface area contributed by atoms with Crippen LogP contribution in [0.4, 0.5) is 0 Å². The molecule has 130 valence electrons. The van der Waals surface area contributed by atoms with Crippen LogP contribution in [0.5, 0.6) is 0 Å². The number of nitrogens with zero attached hydrogens (tertiary/aromatic N) is 4. The molecule has 1 saturated heterocycles. The Hall–Kier alpha value is -1.50. The van der Waals surface area contributed by atoms with Crippen molar-refractivity contribution >= 4 is 33.3 Å². The lowest BCUT2D eigenvalue weighted by Gasteiger charge is -2.25. The van der Waals surface area contributed by atoms with Crippen LogP contribution < -0.4 is 0 Å². The Labute approximate surface area is 156 Å². The minimum atomic E-state index is 0.946. The highest BCUT2D eigenvalue weighted by Gasteiger charge is 2.16. The van der Waals surface area contributed by atoms with Gasteiger partial charge in [0.25, 0.3) is 0 Å². The van der Waals surface area contributed by atoms with Crippen LogP contribution in [0.15, 0.2) is 35.4 Å². The van der Waals surface area contributed by atoms with E-state index in [4.69, 9.17) is 4.98 Å². The smallest absolute Gasteiger partial charge is 0.146 e. The second-order valence-corrected chi connectivity index (χ2v) is 8.67. The van der Waals surface area contributed by atoms with E-state index in [9.17, 15) is 0 Å². The van der Waals surface area contributed by atoms with Gasteiger partial charge in [-0.3, -0.25) is 0 Å². The Kier molecular flexibility index (Phi) is 5.29. The number of thioether (sulfide) groups is 1. The number of aromatic nitrogens is 3. The molecule has 0 saturated carbocycles. The summed E-state index contributed by atoms with van der Waals surface area (Å²) in [4.78, 5) is 7.31. The van der Waals surface area contributed by atoms with E-state index in [-0.39, 0.29) is 0 Å². The quantitative estimate of drug-likeness (QED) is 0.612. The standard InChI is InChI=1S/C19H22N4S2/c1-14-20-17-18(25-14)16(15-8-4-2-5-9-15)21-22-19(17)24-13-12-23-10-6-3-7-11-23/h2,4-5,8-9H,3,6-7,10-13H2,1H3. The normalized spacial score (nSPS) is 15.7. The molecule has 0 aliphatic carbocycles. The zero-order chi connectivity index (χ0) is 17.1. The number of thiazole rings is 1. The van der Waals surface area contributed by atoms with Gasteiger partial charge in [0, 0.05) is 17.9 Å². The summed E-state index contributed by atoms with van der Waals surface area (Å²) in [5, 5.41) is 11.1. The molecule has 1 aromatic carbocycles. The van der Waals surface area contributed by atoms with Crippen molar-refractivity contribution < 1.29 is 0 Å². The summed E-state index contributed by atoms with van der Waals surface area (Å²) in [6, 6.07) is 10.3. The van der Waals surface area contributed by atoms with Crippen molar-refractivity contribution in [3.8, 4) is 11.3 Å². The largest absolute Gasteiger partial charge is 0.303 e. The van der Waals surface area contributed by atoms with Crippen LogP contribution in [-0.4, -0.2) is 45.5 Å². The highest BCUT2D eigenvalue weighted by Crippen LogP contribution is 2.35. The molecule has 25 heavy (non-hydrogen) atoms. The fourth-order valence-corrected chi connectivity index (χ4v) is 5.17. The topological polar surface area (TPSA) is 41.9 Å². The summed E-state index contributed by atoms with van der Waals surface area (Å²) in [6.45, 7) is 5.66. The number of piperidine rings is 1. The van der Waals surface area contributed by atoms with Gasteiger partial charge in [-0.15, -0.1) is 33.3 Å². The molecule has 4 rings (SSSR count). The maximum absolute atomic E-state index is 4.75. The summed E-state index contributed by atoms with van der Waals surface area (Å²) in [6.07, 6.45) is 4.06. The van der Waals surface area contributed by atoms with E-state index < -0.39 is 0 Å². The van der Waals surface area contributed by atoms with Crippen molar-refractivity contribution in [3.05, 3.63) is 35.3 Å². The zero-order valence-corrected chi connectivity index (χ0v) is 16.1. The first-order valence-electron chi connectivity index (χ1n) is 8.85. The molecule has 1 fully saturated rings. The number of hydrogen-bond donors (Lipinski definition) is 0. The molecule has 1 aliphatic rings. The molecular weight excluding hydrogens is 348 g/mol. The predicted octanol–water partition coefficient (Wildman–Crippen LogP) is 4.64.